The number of nitrogens with one attached hydrogen (secondary N) is 2. The molecule has 0 radical (unpaired) electrons. The van der Waals surface area contributed by atoms with Crippen LogP contribution in [0.2, 0.25) is 0 Å². The van der Waals surface area contributed by atoms with E-state index in [1.54, 1.807) is 11.0 Å². The number of aryl methyl sites for hydroxylation is 1. The zero-order valence-electron chi connectivity index (χ0n) is 11.0. The number of nitrogens with zero attached hydrogens (tertiary/aromatic N) is 4. The number of rotatable bonds is 3. The predicted octanol–water partition coefficient (Wildman–Crippen LogP) is 1.13. The molecule has 2 heterocycles. The van der Waals surface area contributed by atoms with Gasteiger partial charge in [0.2, 0.25) is 0 Å². The molecule has 19 heavy (non-hydrogen) atoms. The molecule has 0 spiro atoms. The fourth-order valence-corrected chi connectivity index (χ4v) is 2.48. The van der Waals surface area contributed by atoms with Crippen molar-refractivity contribution in [3.63, 3.8) is 0 Å². The molecule has 2 N–H and O–H groups in total. The summed E-state index contributed by atoms with van der Waals surface area (Å²) in [6.07, 6.45) is 4.07. The highest BCUT2D eigenvalue weighted by Gasteiger charge is 2.13. The first-order valence-corrected chi connectivity index (χ1v) is 6.64. The number of hydrogen-bond donors (Lipinski definition) is 2. The SMILES string of the molecule is Cc1cc(NC2CCCNC2)ccc1-n1cnnn1. The summed E-state index contributed by atoms with van der Waals surface area (Å²) in [7, 11) is 0. The van der Waals surface area contributed by atoms with Gasteiger partial charge in [0.05, 0.1) is 5.69 Å². The number of anilines is 1. The van der Waals surface area contributed by atoms with Crippen LogP contribution in [0.3, 0.4) is 0 Å². The number of piperidine rings is 1. The van der Waals surface area contributed by atoms with Gasteiger partial charge in [0.1, 0.15) is 6.33 Å². The highest BCUT2D eigenvalue weighted by molar-refractivity contribution is 5.53. The molecular weight excluding hydrogens is 240 g/mol. The first kappa shape index (κ1) is 12.1. The molecule has 1 aromatic heterocycles. The van der Waals surface area contributed by atoms with Gasteiger partial charge in [-0.3, -0.25) is 0 Å². The summed E-state index contributed by atoms with van der Waals surface area (Å²) in [5, 5.41) is 18.2. The molecule has 1 aromatic carbocycles. The van der Waals surface area contributed by atoms with Crippen LogP contribution in [-0.4, -0.2) is 39.3 Å². The van der Waals surface area contributed by atoms with Crippen molar-refractivity contribution in [2.75, 3.05) is 18.4 Å². The molecule has 1 aliphatic rings. The minimum atomic E-state index is 0.520. The molecule has 1 fully saturated rings. The zero-order valence-corrected chi connectivity index (χ0v) is 11.0. The summed E-state index contributed by atoms with van der Waals surface area (Å²) in [4.78, 5) is 0. The molecule has 0 amide bonds. The molecule has 6 nitrogen and oxygen atoms in total. The lowest BCUT2D eigenvalue weighted by Crippen LogP contribution is -2.38. The molecule has 0 saturated carbocycles. The van der Waals surface area contributed by atoms with Gasteiger partial charge in [0, 0.05) is 18.3 Å². The van der Waals surface area contributed by atoms with E-state index in [2.05, 4.69) is 45.2 Å². The molecular formula is C13H18N6. The van der Waals surface area contributed by atoms with Crippen molar-refractivity contribution < 1.29 is 0 Å². The van der Waals surface area contributed by atoms with Gasteiger partial charge in [0.15, 0.2) is 0 Å². The molecule has 2 aromatic rings. The van der Waals surface area contributed by atoms with E-state index in [1.807, 2.05) is 6.07 Å². The molecule has 0 aliphatic carbocycles. The highest BCUT2D eigenvalue weighted by Crippen LogP contribution is 2.19. The number of benzene rings is 1. The van der Waals surface area contributed by atoms with Crippen LogP contribution in [0.15, 0.2) is 24.5 Å². The van der Waals surface area contributed by atoms with Crippen molar-refractivity contribution >= 4 is 5.69 Å². The smallest absolute Gasteiger partial charge is 0.143 e. The Morgan fingerprint density at radius 2 is 2.37 bits per heavy atom. The molecule has 1 saturated heterocycles. The predicted molar refractivity (Wildman–Crippen MR) is 73.4 cm³/mol. The average Bonchev–Trinajstić information content (AvgIpc) is 2.94. The maximum absolute atomic E-state index is 3.92. The van der Waals surface area contributed by atoms with Gasteiger partial charge in [-0.2, -0.15) is 0 Å². The molecule has 6 heteroatoms. The van der Waals surface area contributed by atoms with E-state index < -0.39 is 0 Å². The molecule has 100 valence electrons. The molecule has 1 atom stereocenters. The van der Waals surface area contributed by atoms with E-state index in [-0.39, 0.29) is 0 Å². The van der Waals surface area contributed by atoms with Crippen molar-refractivity contribution in [3.05, 3.63) is 30.1 Å². The topological polar surface area (TPSA) is 67.7 Å². The monoisotopic (exact) mass is 258 g/mol. The number of tetrazole rings is 1. The molecule has 1 unspecified atom stereocenters. The van der Waals surface area contributed by atoms with Gasteiger partial charge >= 0.3 is 0 Å². The summed E-state index contributed by atoms with van der Waals surface area (Å²) in [6.45, 7) is 4.24. The Balaban J connectivity index is 1.75. The maximum atomic E-state index is 3.92. The second-order valence-electron chi connectivity index (χ2n) is 4.94. The Morgan fingerprint density at radius 3 is 3.05 bits per heavy atom. The third-order valence-corrected chi connectivity index (χ3v) is 3.46. The van der Waals surface area contributed by atoms with Crippen molar-refractivity contribution in [2.24, 2.45) is 0 Å². The van der Waals surface area contributed by atoms with Crippen molar-refractivity contribution in [1.29, 1.82) is 0 Å². The summed E-state index contributed by atoms with van der Waals surface area (Å²) in [6, 6.07) is 6.79. The largest absolute Gasteiger partial charge is 0.381 e. The van der Waals surface area contributed by atoms with Crippen LogP contribution in [0.1, 0.15) is 18.4 Å². The van der Waals surface area contributed by atoms with E-state index in [0.717, 1.165) is 30.0 Å². The first-order chi connectivity index (χ1) is 9.33. The van der Waals surface area contributed by atoms with E-state index in [4.69, 9.17) is 0 Å². The van der Waals surface area contributed by atoms with Crippen LogP contribution in [0.5, 0.6) is 0 Å². The van der Waals surface area contributed by atoms with Crippen molar-refractivity contribution in [1.82, 2.24) is 25.5 Å². The Kier molecular flexibility index (Phi) is 3.41. The number of hydrogen-bond acceptors (Lipinski definition) is 5. The third-order valence-electron chi connectivity index (χ3n) is 3.46. The Bertz CT molecular complexity index is 530. The van der Waals surface area contributed by atoms with Crippen LogP contribution >= 0.6 is 0 Å². The minimum Gasteiger partial charge on any atom is -0.381 e. The molecule has 3 rings (SSSR count). The average molecular weight is 258 g/mol. The summed E-state index contributed by atoms with van der Waals surface area (Å²) < 4.78 is 1.68. The van der Waals surface area contributed by atoms with Crippen LogP contribution in [-0.2, 0) is 0 Å². The lowest BCUT2D eigenvalue weighted by atomic mass is 10.1. The van der Waals surface area contributed by atoms with Crippen LogP contribution < -0.4 is 10.6 Å². The lowest BCUT2D eigenvalue weighted by molar-refractivity contribution is 0.480. The Hall–Kier alpha value is -1.95. The minimum absolute atomic E-state index is 0.520. The van der Waals surface area contributed by atoms with Crippen LogP contribution in [0.4, 0.5) is 5.69 Å². The normalized spacial score (nSPS) is 19.3. The molecule has 1 aliphatic heterocycles. The second-order valence-corrected chi connectivity index (χ2v) is 4.94. The van der Waals surface area contributed by atoms with Gasteiger partial charge < -0.3 is 10.6 Å². The first-order valence-electron chi connectivity index (χ1n) is 6.64. The van der Waals surface area contributed by atoms with Gasteiger partial charge in [-0.25, -0.2) is 4.68 Å². The fourth-order valence-electron chi connectivity index (χ4n) is 2.48. The van der Waals surface area contributed by atoms with E-state index in [9.17, 15) is 0 Å². The zero-order chi connectivity index (χ0) is 13.1. The summed E-state index contributed by atoms with van der Waals surface area (Å²) in [5.74, 6) is 0. The van der Waals surface area contributed by atoms with Gasteiger partial charge in [-0.15, -0.1) is 5.10 Å². The van der Waals surface area contributed by atoms with Crippen LogP contribution in [0.25, 0.3) is 5.69 Å². The maximum Gasteiger partial charge on any atom is 0.143 e. The van der Waals surface area contributed by atoms with Gasteiger partial charge in [0.25, 0.3) is 0 Å². The van der Waals surface area contributed by atoms with E-state index in [0.29, 0.717) is 6.04 Å². The number of aromatic nitrogens is 4. The summed E-state index contributed by atoms with van der Waals surface area (Å²) in [5.41, 5.74) is 3.32. The van der Waals surface area contributed by atoms with Gasteiger partial charge in [-0.05, 0) is 60.5 Å². The van der Waals surface area contributed by atoms with Crippen molar-refractivity contribution in [2.45, 2.75) is 25.8 Å². The fraction of sp³-hybridized carbons (Fsp3) is 0.462. The Morgan fingerprint density at radius 1 is 1.42 bits per heavy atom. The standard InChI is InChI=1S/C13H18N6/c1-10-7-11(16-12-3-2-6-14-8-12)4-5-13(10)19-9-15-17-18-19/h4-5,7,9,12,14,16H,2-3,6,8H2,1H3. The summed E-state index contributed by atoms with van der Waals surface area (Å²) >= 11 is 0. The van der Waals surface area contributed by atoms with E-state index >= 15 is 0 Å². The van der Waals surface area contributed by atoms with Gasteiger partial charge in [-0.1, -0.05) is 0 Å². The van der Waals surface area contributed by atoms with E-state index in [1.165, 1.54) is 12.8 Å². The van der Waals surface area contributed by atoms with Crippen molar-refractivity contribution in [3.8, 4) is 5.69 Å². The molecule has 0 bridgehead atoms. The third kappa shape index (κ3) is 2.73. The second kappa shape index (κ2) is 5.36. The highest BCUT2D eigenvalue weighted by atomic mass is 15.5. The lowest BCUT2D eigenvalue weighted by Gasteiger charge is -2.25. The Labute approximate surface area is 112 Å². The quantitative estimate of drug-likeness (QED) is 0.864. The van der Waals surface area contributed by atoms with Crippen LogP contribution in [0, 0.1) is 6.92 Å².